The van der Waals surface area contributed by atoms with Crippen LogP contribution in [0.25, 0.3) is 0 Å². The first kappa shape index (κ1) is 15.2. The van der Waals surface area contributed by atoms with Gasteiger partial charge >= 0.3 is 5.97 Å². The number of carbonyl (C=O) groups is 2. The van der Waals surface area contributed by atoms with Gasteiger partial charge in [0.1, 0.15) is 5.75 Å². The summed E-state index contributed by atoms with van der Waals surface area (Å²) in [6.45, 7) is 7.76. The Balaban J connectivity index is 2.52. The van der Waals surface area contributed by atoms with Crippen LogP contribution in [0.1, 0.15) is 33.3 Å². The van der Waals surface area contributed by atoms with E-state index in [9.17, 15) is 9.59 Å². The molecule has 0 radical (unpaired) electrons. The van der Waals surface area contributed by atoms with Crippen molar-refractivity contribution in [1.82, 2.24) is 5.32 Å². The van der Waals surface area contributed by atoms with E-state index in [-0.39, 0.29) is 23.7 Å². The summed E-state index contributed by atoms with van der Waals surface area (Å²) in [7, 11) is 0. The predicted molar refractivity (Wildman–Crippen MR) is 73.6 cm³/mol. The summed E-state index contributed by atoms with van der Waals surface area (Å²) in [6.07, 6.45) is 0. The highest BCUT2D eigenvalue weighted by atomic mass is 16.5. The highest BCUT2D eigenvalue weighted by Crippen LogP contribution is 2.14. The number of hydrogen-bond donors (Lipinski definition) is 1. The van der Waals surface area contributed by atoms with Gasteiger partial charge in [-0.15, -0.1) is 0 Å². The smallest absolute Gasteiger partial charge is 0.313 e. The molecular weight excluding hydrogens is 242 g/mol. The Kier molecular flexibility index (Phi) is 5.55. The van der Waals surface area contributed by atoms with E-state index in [1.807, 2.05) is 26.0 Å². The minimum absolute atomic E-state index is 0.0220. The monoisotopic (exact) mass is 263 g/mol. The molecule has 0 atom stereocenters. The summed E-state index contributed by atoms with van der Waals surface area (Å²) in [5.41, 5.74) is 0.971. The zero-order valence-corrected chi connectivity index (χ0v) is 11.9. The number of carbonyl (C=O) groups excluding carboxylic acids is 2. The van der Waals surface area contributed by atoms with Gasteiger partial charge in [0.25, 0.3) is 0 Å². The van der Waals surface area contributed by atoms with Gasteiger partial charge in [-0.1, -0.05) is 39.8 Å². The van der Waals surface area contributed by atoms with Gasteiger partial charge in [0.05, 0.1) is 5.92 Å². The Morgan fingerprint density at radius 3 is 2.11 bits per heavy atom. The van der Waals surface area contributed by atoms with E-state index in [4.69, 9.17) is 4.74 Å². The van der Waals surface area contributed by atoms with Gasteiger partial charge in [-0.25, -0.2) is 0 Å². The second-order valence-corrected chi connectivity index (χ2v) is 5.09. The molecule has 0 unspecified atom stereocenters. The van der Waals surface area contributed by atoms with Crippen LogP contribution in [-0.4, -0.2) is 11.9 Å². The number of benzene rings is 1. The molecule has 0 bridgehead atoms. The lowest BCUT2D eigenvalue weighted by atomic mass is 10.2. The fourth-order valence-electron chi connectivity index (χ4n) is 1.30. The lowest BCUT2D eigenvalue weighted by Crippen LogP contribution is -2.27. The maximum atomic E-state index is 11.4. The molecule has 1 amide bonds. The number of hydrogen-bond acceptors (Lipinski definition) is 3. The number of amides is 1. The number of ether oxygens (including phenoxy) is 1. The third-order valence-corrected chi connectivity index (χ3v) is 2.60. The van der Waals surface area contributed by atoms with Crippen LogP contribution in [0, 0.1) is 11.8 Å². The molecule has 0 spiro atoms. The van der Waals surface area contributed by atoms with Gasteiger partial charge in [-0.05, 0) is 17.7 Å². The zero-order chi connectivity index (χ0) is 14.4. The van der Waals surface area contributed by atoms with Crippen LogP contribution in [0.15, 0.2) is 24.3 Å². The molecule has 4 nitrogen and oxygen atoms in total. The highest BCUT2D eigenvalue weighted by Gasteiger charge is 2.10. The number of esters is 1. The maximum Gasteiger partial charge on any atom is 0.313 e. The SMILES string of the molecule is CC(C)C(=O)NCc1ccc(OC(=O)C(C)C)cc1. The fourth-order valence-corrected chi connectivity index (χ4v) is 1.30. The first-order valence-corrected chi connectivity index (χ1v) is 6.48. The van der Waals surface area contributed by atoms with E-state index in [2.05, 4.69) is 5.32 Å². The van der Waals surface area contributed by atoms with E-state index in [0.717, 1.165) is 5.56 Å². The molecule has 0 aliphatic carbocycles. The standard InChI is InChI=1S/C15H21NO3/c1-10(2)14(17)16-9-12-5-7-13(8-6-12)19-15(18)11(3)4/h5-8,10-11H,9H2,1-4H3,(H,16,17). The molecule has 4 heteroatoms. The molecule has 104 valence electrons. The van der Waals surface area contributed by atoms with Crippen LogP contribution in [0.3, 0.4) is 0 Å². The van der Waals surface area contributed by atoms with Crippen LogP contribution in [0.5, 0.6) is 5.75 Å². The van der Waals surface area contributed by atoms with Crippen molar-refractivity contribution >= 4 is 11.9 Å². The quantitative estimate of drug-likeness (QED) is 0.656. The molecule has 0 heterocycles. The van der Waals surface area contributed by atoms with E-state index in [0.29, 0.717) is 12.3 Å². The molecule has 0 saturated heterocycles. The molecule has 0 aliphatic rings. The van der Waals surface area contributed by atoms with Gasteiger partial charge in [0.2, 0.25) is 5.91 Å². The summed E-state index contributed by atoms with van der Waals surface area (Å²) in [5, 5.41) is 2.83. The minimum Gasteiger partial charge on any atom is -0.426 e. The summed E-state index contributed by atoms with van der Waals surface area (Å²) in [5.74, 6) is 0.130. The highest BCUT2D eigenvalue weighted by molar-refractivity contribution is 5.77. The minimum atomic E-state index is -0.249. The van der Waals surface area contributed by atoms with Crippen molar-refractivity contribution in [2.24, 2.45) is 11.8 Å². The normalized spacial score (nSPS) is 10.6. The van der Waals surface area contributed by atoms with E-state index >= 15 is 0 Å². The molecule has 0 saturated carbocycles. The molecule has 0 aromatic heterocycles. The summed E-state index contributed by atoms with van der Waals surface area (Å²) in [6, 6.07) is 7.14. The second kappa shape index (κ2) is 6.92. The molecule has 19 heavy (non-hydrogen) atoms. The largest absolute Gasteiger partial charge is 0.426 e. The van der Waals surface area contributed by atoms with E-state index in [1.165, 1.54) is 0 Å². The number of nitrogens with one attached hydrogen (secondary N) is 1. The average molecular weight is 263 g/mol. The van der Waals surface area contributed by atoms with Gasteiger partial charge in [-0.2, -0.15) is 0 Å². The first-order chi connectivity index (χ1) is 8.90. The fraction of sp³-hybridized carbons (Fsp3) is 0.467. The van der Waals surface area contributed by atoms with Gasteiger partial charge in [0.15, 0.2) is 0 Å². The van der Waals surface area contributed by atoms with Crippen LogP contribution in [0.4, 0.5) is 0 Å². The van der Waals surface area contributed by atoms with Crippen molar-refractivity contribution in [2.75, 3.05) is 0 Å². The van der Waals surface area contributed by atoms with Crippen LogP contribution in [-0.2, 0) is 16.1 Å². The summed E-state index contributed by atoms with van der Waals surface area (Å²) in [4.78, 5) is 22.8. The van der Waals surface area contributed by atoms with Crippen molar-refractivity contribution in [3.63, 3.8) is 0 Å². The second-order valence-electron chi connectivity index (χ2n) is 5.09. The first-order valence-electron chi connectivity index (χ1n) is 6.48. The van der Waals surface area contributed by atoms with Gasteiger partial charge < -0.3 is 10.1 Å². The molecule has 1 N–H and O–H groups in total. The van der Waals surface area contributed by atoms with Crippen molar-refractivity contribution in [2.45, 2.75) is 34.2 Å². The van der Waals surface area contributed by atoms with E-state index in [1.54, 1.807) is 26.0 Å². The van der Waals surface area contributed by atoms with Crippen LogP contribution in [0.2, 0.25) is 0 Å². The van der Waals surface area contributed by atoms with Crippen LogP contribution < -0.4 is 10.1 Å². The lowest BCUT2D eigenvalue weighted by molar-refractivity contribution is -0.137. The average Bonchev–Trinajstić information content (AvgIpc) is 2.37. The Morgan fingerprint density at radius 1 is 1.05 bits per heavy atom. The summed E-state index contributed by atoms with van der Waals surface area (Å²) < 4.78 is 5.17. The Morgan fingerprint density at radius 2 is 1.63 bits per heavy atom. The van der Waals surface area contributed by atoms with Gasteiger partial charge in [-0.3, -0.25) is 9.59 Å². The molecule has 1 aromatic carbocycles. The summed E-state index contributed by atoms with van der Waals surface area (Å²) >= 11 is 0. The van der Waals surface area contributed by atoms with Gasteiger partial charge in [0, 0.05) is 12.5 Å². The van der Waals surface area contributed by atoms with Crippen LogP contribution >= 0.6 is 0 Å². The molecular formula is C15H21NO3. The van der Waals surface area contributed by atoms with E-state index < -0.39 is 0 Å². The topological polar surface area (TPSA) is 55.4 Å². The Labute approximate surface area is 114 Å². The van der Waals surface area contributed by atoms with Crippen molar-refractivity contribution < 1.29 is 14.3 Å². The van der Waals surface area contributed by atoms with Crippen molar-refractivity contribution in [3.8, 4) is 5.75 Å². The molecule has 0 aliphatic heterocycles. The molecule has 0 fully saturated rings. The number of rotatable bonds is 5. The zero-order valence-electron chi connectivity index (χ0n) is 11.9. The third kappa shape index (κ3) is 5.12. The van der Waals surface area contributed by atoms with Crippen molar-refractivity contribution in [1.29, 1.82) is 0 Å². The van der Waals surface area contributed by atoms with Crippen molar-refractivity contribution in [3.05, 3.63) is 29.8 Å². The maximum absolute atomic E-state index is 11.4. The molecule has 1 aromatic rings. The third-order valence-electron chi connectivity index (χ3n) is 2.60. The Bertz CT molecular complexity index is 435. The predicted octanol–water partition coefficient (Wildman–Crippen LogP) is 2.52. The lowest BCUT2D eigenvalue weighted by Gasteiger charge is -2.09. The Hall–Kier alpha value is -1.84. The molecule has 1 rings (SSSR count).